The standard InChI is InChI=1S/C19H25N3O2S/c1-13-17(25-19(20-2)21-13)18(24)22-10-8-15(9-11-22)16(23)12-14-6-4-3-5-7-14/h3-7,15-16,23H,8-12H2,1-2H3,(H,20,21)/t16-/m0/s1. The number of amides is 1. The molecule has 134 valence electrons. The van der Waals surface area contributed by atoms with E-state index in [-0.39, 0.29) is 17.9 Å². The van der Waals surface area contributed by atoms with Crippen LogP contribution in [0.4, 0.5) is 5.13 Å². The van der Waals surface area contributed by atoms with Gasteiger partial charge in [-0.3, -0.25) is 4.79 Å². The number of nitrogens with one attached hydrogen (secondary N) is 1. The lowest BCUT2D eigenvalue weighted by Gasteiger charge is -2.34. The Labute approximate surface area is 152 Å². The highest BCUT2D eigenvalue weighted by atomic mass is 32.1. The van der Waals surface area contributed by atoms with Crippen LogP contribution in [0.25, 0.3) is 0 Å². The Morgan fingerprint density at radius 1 is 1.36 bits per heavy atom. The molecule has 0 aliphatic carbocycles. The minimum absolute atomic E-state index is 0.0625. The lowest BCUT2D eigenvalue weighted by atomic mass is 9.88. The summed E-state index contributed by atoms with van der Waals surface area (Å²) in [5.74, 6) is 0.312. The zero-order chi connectivity index (χ0) is 17.8. The molecule has 1 atom stereocenters. The summed E-state index contributed by atoms with van der Waals surface area (Å²) in [6.45, 7) is 3.27. The number of carbonyl (C=O) groups excluding carboxylic acids is 1. The predicted molar refractivity (Wildman–Crippen MR) is 101 cm³/mol. The smallest absolute Gasteiger partial charge is 0.265 e. The third-order valence-corrected chi connectivity index (χ3v) is 6.03. The summed E-state index contributed by atoms with van der Waals surface area (Å²) < 4.78 is 0. The fourth-order valence-electron chi connectivity index (χ4n) is 3.35. The van der Waals surface area contributed by atoms with Gasteiger partial charge in [0, 0.05) is 20.1 Å². The first-order valence-corrected chi connectivity index (χ1v) is 9.56. The molecule has 1 fully saturated rings. The van der Waals surface area contributed by atoms with Crippen LogP contribution in [0.15, 0.2) is 30.3 Å². The van der Waals surface area contributed by atoms with Gasteiger partial charge in [0.25, 0.3) is 5.91 Å². The Balaban J connectivity index is 1.56. The van der Waals surface area contributed by atoms with Gasteiger partial charge in [0.05, 0.1) is 11.8 Å². The number of piperidine rings is 1. The number of likely N-dealkylation sites (tertiary alicyclic amines) is 1. The molecule has 2 heterocycles. The maximum absolute atomic E-state index is 12.7. The van der Waals surface area contributed by atoms with Crippen LogP contribution in [-0.4, -0.2) is 47.1 Å². The summed E-state index contributed by atoms with van der Waals surface area (Å²) in [6.07, 6.45) is 2.02. The zero-order valence-corrected chi connectivity index (χ0v) is 15.6. The SMILES string of the molecule is CNc1nc(C)c(C(=O)N2CCC([C@@H](O)Cc3ccccc3)CC2)s1. The van der Waals surface area contributed by atoms with Crippen LogP contribution in [-0.2, 0) is 6.42 Å². The quantitative estimate of drug-likeness (QED) is 0.861. The fourth-order valence-corrected chi connectivity index (χ4v) is 4.24. The van der Waals surface area contributed by atoms with E-state index in [9.17, 15) is 9.90 Å². The second kappa shape index (κ2) is 7.97. The molecule has 1 saturated heterocycles. The number of anilines is 1. The molecule has 2 aromatic rings. The molecule has 1 aliphatic rings. The van der Waals surface area contributed by atoms with Crippen LogP contribution in [0.1, 0.15) is 33.8 Å². The van der Waals surface area contributed by atoms with E-state index in [0.717, 1.165) is 29.2 Å². The molecule has 1 aliphatic heterocycles. The molecule has 1 aromatic carbocycles. The number of benzene rings is 1. The van der Waals surface area contributed by atoms with Gasteiger partial charge in [-0.1, -0.05) is 41.7 Å². The van der Waals surface area contributed by atoms with Crippen LogP contribution in [0, 0.1) is 12.8 Å². The van der Waals surface area contributed by atoms with Gasteiger partial charge in [0.1, 0.15) is 4.88 Å². The lowest BCUT2D eigenvalue weighted by Crippen LogP contribution is -2.41. The topological polar surface area (TPSA) is 65.5 Å². The molecule has 5 nitrogen and oxygen atoms in total. The van der Waals surface area contributed by atoms with Crippen molar-refractivity contribution in [3.8, 4) is 0 Å². The Bertz CT molecular complexity index is 709. The molecule has 6 heteroatoms. The van der Waals surface area contributed by atoms with Crippen LogP contribution in [0.2, 0.25) is 0 Å². The van der Waals surface area contributed by atoms with Crippen molar-refractivity contribution >= 4 is 22.4 Å². The van der Waals surface area contributed by atoms with Crippen molar-refractivity contribution in [2.24, 2.45) is 5.92 Å². The Hall–Kier alpha value is -1.92. The van der Waals surface area contributed by atoms with Crippen molar-refractivity contribution < 1.29 is 9.90 Å². The first kappa shape index (κ1) is 17.9. The van der Waals surface area contributed by atoms with E-state index >= 15 is 0 Å². The van der Waals surface area contributed by atoms with Gasteiger partial charge >= 0.3 is 0 Å². The molecular weight excluding hydrogens is 334 g/mol. The van der Waals surface area contributed by atoms with E-state index in [1.165, 1.54) is 11.3 Å². The molecule has 1 aromatic heterocycles. The van der Waals surface area contributed by atoms with Gasteiger partial charge in [0.15, 0.2) is 5.13 Å². The number of nitrogens with zero attached hydrogens (tertiary/aromatic N) is 2. The first-order valence-electron chi connectivity index (χ1n) is 8.75. The largest absolute Gasteiger partial charge is 0.392 e. The van der Waals surface area contributed by atoms with E-state index in [0.29, 0.717) is 24.4 Å². The van der Waals surface area contributed by atoms with Gasteiger partial charge < -0.3 is 15.3 Å². The van der Waals surface area contributed by atoms with Crippen LogP contribution in [0.3, 0.4) is 0 Å². The predicted octanol–water partition coefficient (Wildman–Crippen LogP) is 2.95. The molecule has 1 amide bonds. The number of carbonyl (C=O) groups is 1. The summed E-state index contributed by atoms with van der Waals surface area (Å²) in [6, 6.07) is 10.1. The number of aryl methyl sites for hydroxylation is 1. The normalized spacial score (nSPS) is 16.7. The van der Waals surface area contributed by atoms with Crippen molar-refractivity contribution in [1.82, 2.24) is 9.88 Å². The van der Waals surface area contributed by atoms with Crippen LogP contribution in [0.5, 0.6) is 0 Å². The molecule has 0 unspecified atom stereocenters. The number of aliphatic hydroxyl groups is 1. The number of rotatable bonds is 5. The third kappa shape index (κ3) is 4.19. The average molecular weight is 359 g/mol. The summed E-state index contributed by atoms with van der Waals surface area (Å²) >= 11 is 1.41. The van der Waals surface area contributed by atoms with Gasteiger partial charge in [-0.15, -0.1) is 0 Å². The highest BCUT2D eigenvalue weighted by molar-refractivity contribution is 7.17. The summed E-state index contributed by atoms with van der Waals surface area (Å²) in [7, 11) is 1.81. The van der Waals surface area contributed by atoms with Crippen molar-refractivity contribution in [3.63, 3.8) is 0 Å². The molecule has 2 N–H and O–H groups in total. The van der Waals surface area contributed by atoms with Crippen molar-refractivity contribution in [2.45, 2.75) is 32.3 Å². The monoisotopic (exact) mass is 359 g/mol. The highest BCUT2D eigenvalue weighted by Crippen LogP contribution is 2.27. The Kier molecular flexibility index (Phi) is 5.71. The minimum Gasteiger partial charge on any atom is -0.392 e. The number of thiazole rings is 1. The number of aromatic nitrogens is 1. The third-order valence-electron chi connectivity index (χ3n) is 4.86. The van der Waals surface area contributed by atoms with Crippen molar-refractivity contribution in [3.05, 3.63) is 46.5 Å². The van der Waals surface area contributed by atoms with Crippen LogP contribution < -0.4 is 5.32 Å². The Morgan fingerprint density at radius 3 is 2.64 bits per heavy atom. The molecule has 25 heavy (non-hydrogen) atoms. The lowest BCUT2D eigenvalue weighted by molar-refractivity contribution is 0.0470. The van der Waals surface area contributed by atoms with E-state index < -0.39 is 0 Å². The molecule has 3 rings (SSSR count). The van der Waals surface area contributed by atoms with Gasteiger partial charge in [-0.2, -0.15) is 0 Å². The average Bonchev–Trinajstić information content (AvgIpc) is 3.03. The van der Waals surface area contributed by atoms with Gasteiger partial charge in [0.2, 0.25) is 0 Å². The summed E-state index contributed by atoms with van der Waals surface area (Å²) in [5.41, 5.74) is 1.94. The molecule has 0 saturated carbocycles. The first-order chi connectivity index (χ1) is 12.1. The zero-order valence-electron chi connectivity index (χ0n) is 14.7. The fraction of sp³-hybridized carbons (Fsp3) is 0.474. The van der Waals surface area contributed by atoms with E-state index in [4.69, 9.17) is 0 Å². The second-order valence-electron chi connectivity index (χ2n) is 6.57. The van der Waals surface area contributed by atoms with Crippen LogP contribution >= 0.6 is 11.3 Å². The van der Waals surface area contributed by atoms with E-state index in [2.05, 4.69) is 10.3 Å². The molecule has 0 radical (unpaired) electrons. The maximum Gasteiger partial charge on any atom is 0.265 e. The number of hydrogen-bond donors (Lipinski definition) is 2. The van der Waals surface area contributed by atoms with Crippen molar-refractivity contribution in [2.75, 3.05) is 25.5 Å². The second-order valence-corrected chi connectivity index (χ2v) is 7.57. The summed E-state index contributed by atoms with van der Waals surface area (Å²) in [5, 5.41) is 14.3. The minimum atomic E-state index is -0.347. The maximum atomic E-state index is 12.7. The van der Waals surface area contributed by atoms with Crippen molar-refractivity contribution in [1.29, 1.82) is 0 Å². The molecule has 0 spiro atoms. The van der Waals surface area contributed by atoms with Gasteiger partial charge in [-0.05, 0) is 37.7 Å². The Morgan fingerprint density at radius 2 is 2.04 bits per heavy atom. The molecule has 0 bridgehead atoms. The number of aliphatic hydroxyl groups excluding tert-OH is 1. The van der Waals surface area contributed by atoms with E-state index in [1.807, 2.05) is 49.2 Å². The van der Waals surface area contributed by atoms with Gasteiger partial charge in [-0.25, -0.2) is 4.98 Å². The number of hydrogen-bond acceptors (Lipinski definition) is 5. The highest BCUT2D eigenvalue weighted by Gasteiger charge is 2.29. The van der Waals surface area contributed by atoms with E-state index in [1.54, 1.807) is 0 Å². The molecular formula is C19H25N3O2S. The summed E-state index contributed by atoms with van der Waals surface area (Å²) in [4.78, 5) is 19.7.